The van der Waals surface area contributed by atoms with Gasteiger partial charge in [0.05, 0.1) is 11.2 Å². The van der Waals surface area contributed by atoms with Gasteiger partial charge in [-0.3, -0.25) is 4.79 Å². The first-order valence-corrected chi connectivity index (χ1v) is 8.41. The Morgan fingerprint density at radius 1 is 0.962 bits per heavy atom. The largest absolute Gasteiger partial charge is 0.306 e. The Kier molecular flexibility index (Phi) is 3.97. The highest BCUT2D eigenvalue weighted by molar-refractivity contribution is 6.04. The third-order valence-electron chi connectivity index (χ3n) is 4.15. The number of amides is 1. The lowest BCUT2D eigenvalue weighted by Gasteiger charge is -2.09. The molecule has 1 amide bonds. The maximum atomic E-state index is 12.6. The molecule has 0 spiro atoms. The van der Waals surface area contributed by atoms with Crippen LogP contribution >= 0.6 is 0 Å². The van der Waals surface area contributed by atoms with Gasteiger partial charge in [-0.1, -0.05) is 35.9 Å². The van der Waals surface area contributed by atoms with Gasteiger partial charge in [0.25, 0.3) is 5.91 Å². The van der Waals surface area contributed by atoms with Crippen LogP contribution in [0.2, 0.25) is 0 Å². The minimum atomic E-state index is -0.171. The Morgan fingerprint density at radius 3 is 2.65 bits per heavy atom. The molecule has 5 nitrogen and oxygen atoms in total. The summed E-state index contributed by atoms with van der Waals surface area (Å²) >= 11 is 0. The molecule has 26 heavy (non-hydrogen) atoms. The van der Waals surface area contributed by atoms with E-state index in [2.05, 4.69) is 15.4 Å². The molecular weight excluding hydrogens is 324 g/mol. The molecule has 0 bridgehead atoms. The zero-order valence-electron chi connectivity index (χ0n) is 14.6. The summed E-state index contributed by atoms with van der Waals surface area (Å²) in [5.41, 5.74) is 3.34. The number of rotatable bonds is 3. The van der Waals surface area contributed by atoms with Crippen LogP contribution in [0.4, 0.5) is 5.82 Å². The molecule has 2 aromatic carbocycles. The quantitative estimate of drug-likeness (QED) is 0.604. The Hall–Kier alpha value is -3.47. The van der Waals surface area contributed by atoms with E-state index in [4.69, 9.17) is 0 Å². The van der Waals surface area contributed by atoms with Crippen LogP contribution in [0.5, 0.6) is 0 Å². The summed E-state index contributed by atoms with van der Waals surface area (Å²) in [7, 11) is 0. The maximum absolute atomic E-state index is 12.6. The van der Waals surface area contributed by atoms with Crippen molar-refractivity contribution in [2.75, 3.05) is 5.32 Å². The zero-order chi connectivity index (χ0) is 18.1. The van der Waals surface area contributed by atoms with Crippen molar-refractivity contribution in [1.82, 2.24) is 14.8 Å². The van der Waals surface area contributed by atoms with Gasteiger partial charge in [0, 0.05) is 17.0 Å². The lowest BCUT2D eigenvalue weighted by Crippen LogP contribution is -2.15. The van der Waals surface area contributed by atoms with E-state index in [0.29, 0.717) is 17.2 Å². The van der Waals surface area contributed by atoms with Crippen molar-refractivity contribution in [2.45, 2.75) is 13.8 Å². The SMILES string of the molecule is Cc1cccc(C(=O)Nc2cc(C)nn2-c2ccc3ccccc3n2)c1. The van der Waals surface area contributed by atoms with Gasteiger partial charge < -0.3 is 5.32 Å². The van der Waals surface area contributed by atoms with Crippen molar-refractivity contribution >= 4 is 22.6 Å². The molecule has 0 atom stereocenters. The van der Waals surface area contributed by atoms with Gasteiger partial charge in [-0.05, 0) is 44.2 Å². The average molecular weight is 342 g/mol. The van der Waals surface area contributed by atoms with Crippen LogP contribution in [-0.2, 0) is 0 Å². The summed E-state index contributed by atoms with van der Waals surface area (Å²) < 4.78 is 1.66. The average Bonchev–Trinajstić information content (AvgIpc) is 3.01. The van der Waals surface area contributed by atoms with Gasteiger partial charge in [0.1, 0.15) is 5.82 Å². The number of carbonyl (C=O) groups excluding carboxylic acids is 1. The number of para-hydroxylation sites is 1. The number of aryl methyl sites for hydroxylation is 2. The number of anilines is 1. The fourth-order valence-electron chi connectivity index (χ4n) is 2.91. The second-order valence-corrected chi connectivity index (χ2v) is 6.27. The number of aromatic nitrogens is 3. The Balaban J connectivity index is 1.71. The maximum Gasteiger partial charge on any atom is 0.256 e. The van der Waals surface area contributed by atoms with E-state index in [1.807, 2.05) is 74.5 Å². The number of nitrogens with one attached hydrogen (secondary N) is 1. The van der Waals surface area contributed by atoms with Crippen molar-refractivity contribution in [3.8, 4) is 5.82 Å². The summed E-state index contributed by atoms with van der Waals surface area (Å²) in [4.78, 5) is 17.3. The molecule has 4 rings (SSSR count). The normalized spacial score (nSPS) is 10.8. The predicted octanol–water partition coefficient (Wildman–Crippen LogP) is 4.29. The highest BCUT2D eigenvalue weighted by Gasteiger charge is 2.13. The van der Waals surface area contributed by atoms with Crippen LogP contribution < -0.4 is 5.32 Å². The fraction of sp³-hybridized carbons (Fsp3) is 0.0952. The molecule has 0 unspecified atom stereocenters. The van der Waals surface area contributed by atoms with E-state index in [1.165, 1.54) is 0 Å². The van der Waals surface area contributed by atoms with Gasteiger partial charge >= 0.3 is 0 Å². The predicted molar refractivity (Wildman–Crippen MR) is 103 cm³/mol. The van der Waals surface area contributed by atoms with Crippen molar-refractivity contribution < 1.29 is 4.79 Å². The molecule has 5 heteroatoms. The Morgan fingerprint density at radius 2 is 1.81 bits per heavy atom. The van der Waals surface area contributed by atoms with E-state index < -0.39 is 0 Å². The van der Waals surface area contributed by atoms with Crippen molar-refractivity contribution in [1.29, 1.82) is 0 Å². The van der Waals surface area contributed by atoms with E-state index in [9.17, 15) is 4.79 Å². The zero-order valence-corrected chi connectivity index (χ0v) is 14.6. The molecule has 0 aliphatic carbocycles. The molecule has 0 aliphatic rings. The van der Waals surface area contributed by atoms with Crippen LogP contribution in [-0.4, -0.2) is 20.7 Å². The highest BCUT2D eigenvalue weighted by atomic mass is 16.1. The van der Waals surface area contributed by atoms with Gasteiger partial charge in [0.15, 0.2) is 5.82 Å². The molecule has 0 fully saturated rings. The number of hydrogen-bond donors (Lipinski definition) is 1. The van der Waals surface area contributed by atoms with E-state index >= 15 is 0 Å². The van der Waals surface area contributed by atoms with Gasteiger partial charge in [-0.25, -0.2) is 4.98 Å². The Bertz CT molecular complexity index is 1110. The lowest BCUT2D eigenvalue weighted by atomic mass is 10.1. The molecule has 0 radical (unpaired) electrons. The molecule has 2 aromatic heterocycles. The number of carbonyl (C=O) groups is 1. The van der Waals surface area contributed by atoms with E-state index in [1.54, 1.807) is 10.7 Å². The van der Waals surface area contributed by atoms with Crippen LogP contribution in [0.3, 0.4) is 0 Å². The van der Waals surface area contributed by atoms with Crippen molar-refractivity contribution in [2.24, 2.45) is 0 Å². The van der Waals surface area contributed by atoms with Gasteiger partial charge in [-0.15, -0.1) is 0 Å². The third-order valence-corrected chi connectivity index (χ3v) is 4.15. The second-order valence-electron chi connectivity index (χ2n) is 6.27. The molecule has 1 N–H and O–H groups in total. The highest BCUT2D eigenvalue weighted by Crippen LogP contribution is 2.20. The summed E-state index contributed by atoms with van der Waals surface area (Å²) in [5, 5.41) is 8.49. The molecule has 128 valence electrons. The molecule has 0 aliphatic heterocycles. The monoisotopic (exact) mass is 342 g/mol. The molecular formula is C21H18N4O. The Labute approximate surface area is 151 Å². The van der Waals surface area contributed by atoms with Crippen molar-refractivity contribution in [3.05, 3.63) is 83.6 Å². The molecule has 0 saturated carbocycles. The topological polar surface area (TPSA) is 59.8 Å². The number of fused-ring (bicyclic) bond motifs is 1. The number of nitrogens with zero attached hydrogens (tertiary/aromatic N) is 3. The lowest BCUT2D eigenvalue weighted by molar-refractivity contribution is 0.102. The number of pyridine rings is 1. The number of hydrogen-bond acceptors (Lipinski definition) is 3. The third kappa shape index (κ3) is 3.07. The number of benzene rings is 2. The van der Waals surface area contributed by atoms with E-state index in [0.717, 1.165) is 22.2 Å². The van der Waals surface area contributed by atoms with Gasteiger partial charge in [0.2, 0.25) is 0 Å². The fourth-order valence-corrected chi connectivity index (χ4v) is 2.91. The molecule has 2 heterocycles. The van der Waals surface area contributed by atoms with E-state index in [-0.39, 0.29) is 5.91 Å². The second kappa shape index (κ2) is 6.44. The van der Waals surface area contributed by atoms with Crippen LogP contribution in [0.1, 0.15) is 21.6 Å². The molecule has 4 aromatic rings. The van der Waals surface area contributed by atoms with Crippen LogP contribution in [0.15, 0.2) is 66.7 Å². The van der Waals surface area contributed by atoms with Crippen molar-refractivity contribution in [3.63, 3.8) is 0 Å². The van der Waals surface area contributed by atoms with Gasteiger partial charge in [-0.2, -0.15) is 9.78 Å². The minimum Gasteiger partial charge on any atom is -0.306 e. The molecule has 0 saturated heterocycles. The summed E-state index contributed by atoms with van der Waals surface area (Å²) in [6, 6.07) is 21.1. The first kappa shape index (κ1) is 16.0. The minimum absolute atomic E-state index is 0.171. The standard InChI is InChI=1S/C21H18N4O/c1-14-6-5-8-17(12-14)21(26)23-20-13-15(2)24-25(20)19-11-10-16-7-3-4-9-18(16)22-19/h3-13H,1-2H3,(H,23,26). The summed E-state index contributed by atoms with van der Waals surface area (Å²) in [5.74, 6) is 1.09. The smallest absolute Gasteiger partial charge is 0.256 e. The van der Waals surface area contributed by atoms with Crippen LogP contribution in [0, 0.1) is 13.8 Å². The summed E-state index contributed by atoms with van der Waals surface area (Å²) in [6.45, 7) is 3.85. The van der Waals surface area contributed by atoms with Crippen LogP contribution in [0.25, 0.3) is 16.7 Å². The summed E-state index contributed by atoms with van der Waals surface area (Å²) in [6.07, 6.45) is 0. The first-order chi connectivity index (χ1) is 12.6. The first-order valence-electron chi connectivity index (χ1n) is 8.41.